The number of hydrazone groups is 1. The van der Waals surface area contributed by atoms with Gasteiger partial charge in [0.1, 0.15) is 0 Å². The number of amidine groups is 1. The summed E-state index contributed by atoms with van der Waals surface area (Å²) in [7, 11) is 0. The molecule has 1 N–H and O–H groups in total. The zero-order valence-electron chi connectivity index (χ0n) is 12.7. The zero-order valence-corrected chi connectivity index (χ0v) is 13.5. The van der Waals surface area contributed by atoms with Gasteiger partial charge in [-0.3, -0.25) is 10.4 Å². The Morgan fingerprint density at radius 1 is 1.17 bits per heavy atom. The van der Waals surface area contributed by atoms with Crippen LogP contribution in [0.4, 0.5) is 0 Å². The van der Waals surface area contributed by atoms with Gasteiger partial charge in [-0.15, -0.1) is 0 Å². The second-order valence-corrected chi connectivity index (χ2v) is 5.59. The van der Waals surface area contributed by atoms with Gasteiger partial charge in [-0.2, -0.15) is 5.10 Å². The van der Waals surface area contributed by atoms with Gasteiger partial charge in [0, 0.05) is 0 Å². The smallest absolute Gasteiger partial charge is 0.231 e. The van der Waals surface area contributed by atoms with E-state index in [4.69, 9.17) is 9.47 Å². The Kier molecular flexibility index (Phi) is 5.16. The Labute approximate surface area is 139 Å². The minimum atomic E-state index is 0.275. The number of nitrogens with zero attached hydrogens (tertiary/aromatic N) is 2. The molecular weight excluding hydrogens is 310 g/mol. The Morgan fingerprint density at radius 3 is 2.83 bits per heavy atom. The topological polar surface area (TPSA) is 55.2 Å². The fourth-order valence-corrected chi connectivity index (χ4v) is 2.39. The molecule has 0 spiro atoms. The molecule has 0 atom stereocenters. The average molecular weight is 327 g/mol. The van der Waals surface area contributed by atoms with Crippen molar-refractivity contribution in [3.63, 3.8) is 0 Å². The molecule has 1 heterocycles. The molecule has 2 aromatic rings. The maximum Gasteiger partial charge on any atom is 0.231 e. The Bertz CT molecular complexity index is 717. The highest BCUT2D eigenvalue weighted by molar-refractivity contribution is 8.13. The van der Waals surface area contributed by atoms with Crippen LogP contribution in [0, 0.1) is 0 Å². The van der Waals surface area contributed by atoms with Gasteiger partial charge in [-0.1, -0.05) is 42.1 Å². The molecule has 0 unspecified atom stereocenters. The van der Waals surface area contributed by atoms with Gasteiger partial charge in [0.2, 0.25) is 6.79 Å². The number of ether oxygens (including phenoxy) is 2. The number of nitrogens with one attached hydrogen (secondary N) is 1. The van der Waals surface area contributed by atoms with Crippen LogP contribution < -0.4 is 14.9 Å². The first-order valence-electron chi connectivity index (χ1n) is 7.16. The first-order valence-corrected chi connectivity index (χ1v) is 8.39. The molecule has 1 aliphatic heterocycles. The normalized spacial score (nSPS) is 13.5. The lowest BCUT2D eigenvalue weighted by Crippen LogP contribution is -2.13. The van der Waals surface area contributed by atoms with Crippen molar-refractivity contribution in [2.24, 2.45) is 10.1 Å². The molecule has 2 aromatic carbocycles. The molecule has 6 heteroatoms. The summed E-state index contributed by atoms with van der Waals surface area (Å²) in [5, 5.41) is 5.00. The summed E-state index contributed by atoms with van der Waals surface area (Å²) < 4.78 is 10.6. The number of benzene rings is 2. The number of hydrogen-bond acceptors (Lipinski definition) is 5. The van der Waals surface area contributed by atoms with Crippen molar-refractivity contribution in [2.45, 2.75) is 6.54 Å². The first kappa shape index (κ1) is 15.4. The van der Waals surface area contributed by atoms with E-state index in [0.29, 0.717) is 6.54 Å². The summed E-state index contributed by atoms with van der Waals surface area (Å²) in [6.07, 6.45) is 3.70. The predicted molar refractivity (Wildman–Crippen MR) is 94.4 cm³/mol. The number of aliphatic imine (C=N–C) groups is 1. The van der Waals surface area contributed by atoms with Crippen molar-refractivity contribution in [1.29, 1.82) is 0 Å². The van der Waals surface area contributed by atoms with Gasteiger partial charge in [0.15, 0.2) is 16.7 Å². The highest BCUT2D eigenvalue weighted by atomic mass is 32.2. The third-order valence-electron chi connectivity index (χ3n) is 3.21. The van der Waals surface area contributed by atoms with Gasteiger partial charge in [-0.05, 0) is 35.6 Å². The van der Waals surface area contributed by atoms with Crippen molar-refractivity contribution in [3.05, 3.63) is 59.7 Å². The molecule has 23 heavy (non-hydrogen) atoms. The van der Waals surface area contributed by atoms with E-state index in [0.717, 1.165) is 22.2 Å². The second-order valence-electron chi connectivity index (χ2n) is 4.79. The van der Waals surface area contributed by atoms with Crippen LogP contribution >= 0.6 is 11.8 Å². The highest BCUT2D eigenvalue weighted by Gasteiger charge is 2.12. The minimum absolute atomic E-state index is 0.275. The Hall–Kier alpha value is -2.47. The maximum atomic E-state index is 5.34. The highest BCUT2D eigenvalue weighted by Crippen LogP contribution is 2.31. The van der Waals surface area contributed by atoms with Gasteiger partial charge < -0.3 is 9.47 Å². The molecule has 118 valence electrons. The number of rotatable bonds is 4. The Balaban J connectivity index is 1.59. The van der Waals surface area contributed by atoms with Crippen LogP contribution in [0.15, 0.2) is 58.6 Å². The van der Waals surface area contributed by atoms with Crippen LogP contribution in [-0.2, 0) is 6.54 Å². The first-order chi connectivity index (χ1) is 11.3. The van der Waals surface area contributed by atoms with E-state index in [2.05, 4.69) is 27.7 Å². The maximum absolute atomic E-state index is 5.34. The van der Waals surface area contributed by atoms with Crippen molar-refractivity contribution < 1.29 is 9.47 Å². The summed E-state index contributed by atoms with van der Waals surface area (Å²) in [4.78, 5) is 4.51. The molecule has 5 nitrogen and oxygen atoms in total. The van der Waals surface area contributed by atoms with Gasteiger partial charge in [0.25, 0.3) is 0 Å². The standard InChI is InChI=1S/C17H17N3O2S/c1-23-17(18-10-13-5-3-2-4-6-13)20-19-11-14-7-8-15-16(9-14)22-12-21-15/h2-9,11H,10,12H2,1H3,(H,18,20)/b19-11-. The molecule has 0 bridgehead atoms. The van der Waals surface area contributed by atoms with Gasteiger partial charge in [-0.25, -0.2) is 0 Å². The predicted octanol–water partition coefficient (Wildman–Crippen LogP) is 3.26. The molecule has 3 rings (SSSR count). The monoisotopic (exact) mass is 327 g/mol. The van der Waals surface area contributed by atoms with Gasteiger partial charge >= 0.3 is 0 Å². The molecule has 0 radical (unpaired) electrons. The zero-order chi connectivity index (χ0) is 15.9. The molecule has 0 amide bonds. The van der Waals surface area contributed by atoms with Crippen LogP contribution in [0.3, 0.4) is 0 Å². The molecular formula is C17H17N3O2S. The fraction of sp³-hybridized carbons (Fsp3) is 0.176. The quantitative estimate of drug-likeness (QED) is 0.532. The van der Waals surface area contributed by atoms with Gasteiger partial charge in [0.05, 0.1) is 12.8 Å². The number of thioether (sulfide) groups is 1. The van der Waals surface area contributed by atoms with E-state index in [9.17, 15) is 0 Å². The minimum Gasteiger partial charge on any atom is -0.454 e. The van der Waals surface area contributed by atoms with E-state index >= 15 is 0 Å². The number of hydrogen-bond donors (Lipinski definition) is 1. The third-order valence-corrected chi connectivity index (χ3v) is 3.82. The van der Waals surface area contributed by atoms with Crippen molar-refractivity contribution >= 4 is 23.1 Å². The second kappa shape index (κ2) is 7.69. The lowest BCUT2D eigenvalue weighted by atomic mass is 10.2. The average Bonchev–Trinajstić information content (AvgIpc) is 3.06. The summed E-state index contributed by atoms with van der Waals surface area (Å²) in [5.74, 6) is 1.51. The van der Waals surface area contributed by atoms with E-state index in [1.807, 2.05) is 42.7 Å². The van der Waals surface area contributed by atoms with E-state index in [-0.39, 0.29) is 6.79 Å². The van der Waals surface area contributed by atoms with Crippen molar-refractivity contribution in [3.8, 4) is 11.5 Å². The molecule has 0 saturated carbocycles. The molecule has 0 fully saturated rings. The van der Waals surface area contributed by atoms with E-state index in [1.165, 1.54) is 17.3 Å². The lowest BCUT2D eigenvalue weighted by molar-refractivity contribution is 0.174. The Morgan fingerprint density at radius 2 is 2.00 bits per heavy atom. The largest absolute Gasteiger partial charge is 0.454 e. The fourth-order valence-electron chi connectivity index (χ4n) is 2.05. The van der Waals surface area contributed by atoms with E-state index < -0.39 is 0 Å². The van der Waals surface area contributed by atoms with Crippen LogP contribution in [0.5, 0.6) is 11.5 Å². The summed E-state index contributed by atoms with van der Waals surface area (Å²) in [6, 6.07) is 15.8. The van der Waals surface area contributed by atoms with Crippen molar-refractivity contribution in [2.75, 3.05) is 13.0 Å². The molecule has 0 aliphatic carbocycles. The molecule has 1 aliphatic rings. The van der Waals surface area contributed by atoms with Crippen LogP contribution in [-0.4, -0.2) is 24.4 Å². The summed E-state index contributed by atoms with van der Waals surface area (Å²) >= 11 is 1.52. The third kappa shape index (κ3) is 4.26. The molecule has 0 saturated heterocycles. The summed E-state index contributed by atoms with van der Waals surface area (Å²) in [5.41, 5.74) is 5.07. The van der Waals surface area contributed by atoms with Crippen molar-refractivity contribution in [1.82, 2.24) is 5.43 Å². The lowest BCUT2D eigenvalue weighted by Gasteiger charge is -2.03. The van der Waals surface area contributed by atoms with Crippen LogP contribution in [0.2, 0.25) is 0 Å². The SMILES string of the molecule is CSC(=NCc1ccccc1)N/N=C\c1ccc2c(c1)OCO2. The van der Waals surface area contributed by atoms with Crippen LogP contribution in [0.1, 0.15) is 11.1 Å². The summed E-state index contributed by atoms with van der Waals surface area (Å²) in [6.45, 7) is 0.903. The van der Waals surface area contributed by atoms with Crippen LogP contribution in [0.25, 0.3) is 0 Å². The number of fused-ring (bicyclic) bond motifs is 1. The molecule has 0 aromatic heterocycles. The van der Waals surface area contributed by atoms with E-state index in [1.54, 1.807) is 6.21 Å².